The van der Waals surface area contributed by atoms with Crippen molar-refractivity contribution in [3.63, 3.8) is 0 Å². The number of H-pyrrole nitrogens is 1. The van der Waals surface area contributed by atoms with Crippen molar-refractivity contribution < 1.29 is 0 Å². The molecule has 0 fully saturated rings. The van der Waals surface area contributed by atoms with Crippen molar-refractivity contribution in [3.8, 4) is 11.4 Å². The van der Waals surface area contributed by atoms with Crippen molar-refractivity contribution in [1.82, 2.24) is 9.97 Å². The largest absolute Gasteiger partial charge is 0.307 e. The Morgan fingerprint density at radius 1 is 1.28 bits per heavy atom. The summed E-state index contributed by atoms with van der Waals surface area (Å²) in [6, 6.07) is 11.3. The summed E-state index contributed by atoms with van der Waals surface area (Å²) >= 11 is 0. The predicted molar refractivity (Wildman–Crippen MR) is 73.6 cm³/mol. The molecule has 1 atom stereocenters. The summed E-state index contributed by atoms with van der Waals surface area (Å²) in [5.74, 6) is 0.973. The van der Waals surface area contributed by atoms with Crippen molar-refractivity contribution in [3.05, 3.63) is 52.4 Å². The second-order valence-electron chi connectivity index (χ2n) is 4.57. The molecular weight excluding hydrogens is 224 g/mol. The summed E-state index contributed by atoms with van der Waals surface area (Å²) in [4.78, 5) is 19.1. The molecule has 18 heavy (non-hydrogen) atoms. The van der Waals surface area contributed by atoms with E-state index in [1.54, 1.807) is 6.07 Å². The number of hydrogen-bond acceptors (Lipinski definition) is 2. The first-order chi connectivity index (χ1) is 8.70. The van der Waals surface area contributed by atoms with Crippen LogP contribution in [-0.2, 0) is 0 Å². The fourth-order valence-electron chi connectivity index (χ4n) is 2.04. The Balaban J connectivity index is 2.42. The maximum Gasteiger partial charge on any atom is 0.251 e. The van der Waals surface area contributed by atoms with Gasteiger partial charge in [-0.15, -0.1) is 0 Å². The van der Waals surface area contributed by atoms with Crippen LogP contribution in [0.25, 0.3) is 11.4 Å². The van der Waals surface area contributed by atoms with Gasteiger partial charge in [0, 0.05) is 11.6 Å². The zero-order valence-corrected chi connectivity index (χ0v) is 10.8. The minimum atomic E-state index is -0.0817. The Morgan fingerprint density at radius 3 is 2.67 bits per heavy atom. The monoisotopic (exact) mass is 242 g/mol. The molecule has 3 heteroatoms. The van der Waals surface area contributed by atoms with Gasteiger partial charge < -0.3 is 4.98 Å². The third-order valence-corrected chi connectivity index (χ3v) is 3.04. The fraction of sp³-hybridized carbons (Fsp3) is 0.333. The van der Waals surface area contributed by atoms with Crippen molar-refractivity contribution in [2.75, 3.05) is 0 Å². The Hall–Kier alpha value is -1.90. The van der Waals surface area contributed by atoms with Gasteiger partial charge in [0.15, 0.2) is 0 Å². The normalized spacial score (nSPS) is 12.3. The first-order valence-corrected chi connectivity index (χ1v) is 6.37. The summed E-state index contributed by atoms with van der Waals surface area (Å²) in [5.41, 5.74) is 1.74. The lowest BCUT2D eigenvalue weighted by Gasteiger charge is -2.10. The predicted octanol–water partition coefficient (Wildman–Crippen LogP) is 3.34. The second-order valence-corrected chi connectivity index (χ2v) is 4.57. The van der Waals surface area contributed by atoms with Crippen LogP contribution in [0.5, 0.6) is 0 Å². The highest BCUT2D eigenvalue weighted by atomic mass is 16.1. The molecule has 1 N–H and O–H groups in total. The molecule has 0 radical (unpaired) electrons. The zero-order chi connectivity index (χ0) is 13.0. The molecule has 1 unspecified atom stereocenters. The van der Waals surface area contributed by atoms with Crippen LogP contribution in [0.4, 0.5) is 0 Å². The number of nitrogens with zero attached hydrogens (tertiary/aromatic N) is 1. The summed E-state index contributed by atoms with van der Waals surface area (Å²) in [7, 11) is 0. The summed E-state index contributed by atoms with van der Waals surface area (Å²) in [6.07, 6.45) is 2.14. The first-order valence-electron chi connectivity index (χ1n) is 6.37. The molecule has 2 aromatic rings. The van der Waals surface area contributed by atoms with Gasteiger partial charge in [-0.3, -0.25) is 4.79 Å². The van der Waals surface area contributed by atoms with Gasteiger partial charge in [-0.2, -0.15) is 0 Å². The molecule has 94 valence electrons. The van der Waals surface area contributed by atoms with E-state index in [1.807, 2.05) is 30.3 Å². The van der Waals surface area contributed by atoms with E-state index in [0.717, 1.165) is 24.1 Å². The third-order valence-electron chi connectivity index (χ3n) is 3.04. The van der Waals surface area contributed by atoms with E-state index in [2.05, 4.69) is 23.8 Å². The maximum absolute atomic E-state index is 11.7. The standard InChI is InChI=1S/C15H18N2O/c1-3-7-11(2)13-10-14(18)17-15(16-13)12-8-5-4-6-9-12/h4-6,8-11H,3,7H2,1-2H3,(H,16,17,18). The van der Waals surface area contributed by atoms with Crippen molar-refractivity contribution in [2.24, 2.45) is 0 Å². The van der Waals surface area contributed by atoms with Crippen LogP contribution >= 0.6 is 0 Å². The Morgan fingerprint density at radius 2 is 2.00 bits per heavy atom. The molecule has 0 spiro atoms. The maximum atomic E-state index is 11.7. The molecule has 3 nitrogen and oxygen atoms in total. The van der Waals surface area contributed by atoms with Gasteiger partial charge in [-0.1, -0.05) is 50.6 Å². The van der Waals surface area contributed by atoms with Gasteiger partial charge in [0.1, 0.15) is 5.82 Å². The number of nitrogens with one attached hydrogen (secondary N) is 1. The highest BCUT2D eigenvalue weighted by molar-refractivity contribution is 5.54. The smallest absolute Gasteiger partial charge is 0.251 e. The lowest BCUT2D eigenvalue weighted by Crippen LogP contribution is -2.12. The second kappa shape index (κ2) is 5.63. The van der Waals surface area contributed by atoms with E-state index in [9.17, 15) is 4.79 Å². The van der Waals surface area contributed by atoms with Gasteiger partial charge in [0.25, 0.3) is 5.56 Å². The highest BCUT2D eigenvalue weighted by Gasteiger charge is 2.09. The van der Waals surface area contributed by atoms with Crippen LogP contribution in [0.3, 0.4) is 0 Å². The Bertz CT molecular complexity index is 560. The summed E-state index contributed by atoms with van der Waals surface area (Å²) in [6.45, 7) is 4.25. The molecule has 0 saturated heterocycles. The zero-order valence-electron chi connectivity index (χ0n) is 10.8. The molecule has 1 heterocycles. The minimum absolute atomic E-state index is 0.0817. The van der Waals surface area contributed by atoms with Crippen molar-refractivity contribution in [1.29, 1.82) is 0 Å². The van der Waals surface area contributed by atoms with Crippen molar-refractivity contribution in [2.45, 2.75) is 32.6 Å². The SMILES string of the molecule is CCCC(C)c1cc(=O)[nH]c(-c2ccccc2)n1. The first kappa shape index (κ1) is 12.6. The number of hydrogen-bond donors (Lipinski definition) is 1. The molecule has 1 aromatic heterocycles. The molecule has 0 saturated carbocycles. The van der Waals surface area contributed by atoms with E-state index in [1.165, 1.54) is 0 Å². The highest BCUT2D eigenvalue weighted by Crippen LogP contribution is 2.19. The molecule has 0 aliphatic carbocycles. The molecule has 0 amide bonds. The van der Waals surface area contributed by atoms with Crippen molar-refractivity contribution >= 4 is 0 Å². The van der Waals surface area contributed by atoms with Gasteiger partial charge in [-0.05, 0) is 12.3 Å². The van der Waals surface area contributed by atoms with E-state index in [-0.39, 0.29) is 5.56 Å². The lowest BCUT2D eigenvalue weighted by atomic mass is 10.0. The third kappa shape index (κ3) is 2.86. The van der Waals surface area contributed by atoms with Gasteiger partial charge in [-0.25, -0.2) is 4.98 Å². The fourth-order valence-corrected chi connectivity index (χ4v) is 2.04. The van der Waals surface area contributed by atoms with Gasteiger partial charge >= 0.3 is 0 Å². The van der Waals surface area contributed by atoms with E-state index >= 15 is 0 Å². The quantitative estimate of drug-likeness (QED) is 0.893. The Labute approximate surface area is 107 Å². The Kier molecular flexibility index (Phi) is 3.92. The van der Waals surface area contributed by atoms with Crippen LogP contribution in [-0.4, -0.2) is 9.97 Å². The average Bonchev–Trinajstić information content (AvgIpc) is 2.39. The average molecular weight is 242 g/mol. The van der Waals surface area contributed by atoms with E-state index in [4.69, 9.17) is 0 Å². The molecular formula is C15H18N2O. The van der Waals surface area contributed by atoms with Crippen LogP contribution < -0.4 is 5.56 Å². The van der Waals surface area contributed by atoms with E-state index in [0.29, 0.717) is 11.7 Å². The number of aromatic amines is 1. The van der Waals surface area contributed by atoms with Crippen LogP contribution in [0.1, 0.15) is 38.3 Å². The molecule has 0 bridgehead atoms. The summed E-state index contributed by atoms with van der Waals surface area (Å²) < 4.78 is 0. The molecule has 2 rings (SSSR count). The lowest BCUT2D eigenvalue weighted by molar-refractivity contribution is 0.645. The van der Waals surface area contributed by atoms with Crippen LogP contribution in [0, 0.1) is 0 Å². The molecule has 1 aromatic carbocycles. The van der Waals surface area contributed by atoms with Gasteiger partial charge in [0.05, 0.1) is 5.69 Å². The van der Waals surface area contributed by atoms with Crippen LogP contribution in [0.15, 0.2) is 41.2 Å². The molecule has 0 aliphatic heterocycles. The molecule has 0 aliphatic rings. The van der Waals surface area contributed by atoms with E-state index < -0.39 is 0 Å². The minimum Gasteiger partial charge on any atom is -0.307 e. The number of benzene rings is 1. The topological polar surface area (TPSA) is 45.8 Å². The summed E-state index contributed by atoms with van der Waals surface area (Å²) in [5, 5.41) is 0. The number of rotatable bonds is 4. The number of aromatic nitrogens is 2. The van der Waals surface area contributed by atoms with Gasteiger partial charge in [0.2, 0.25) is 0 Å². The van der Waals surface area contributed by atoms with Crippen LogP contribution in [0.2, 0.25) is 0 Å².